The van der Waals surface area contributed by atoms with Gasteiger partial charge in [0.2, 0.25) is 5.54 Å². The second-order valence-corrected chi connectivity index (χ2v) is 3.64. The fourth-order valence-corrected chi connectivity index (χ4v) is 1.50. The first kappa shape index (κ1) is 12.0. The minimum Gasteiger partial charge on any atom is -0.399 e. The Kier molecular flexibility index (Phi) is 3.49. The fraction of sp³-hybridized carbons (Fsp3) is 0.444. The smallest absolute Gasteiger partial charge is 0.312 e. The molecule has 1 aliphatic rings. The lowest BCUT2D eigenvalue weighted by molar-refractivity contribution is -0.555. The van der Waals surface area contributed by atoms with Crippen molar-refractivity contribution < 1.29 is 9.72 Å². The number of nitro groups is 1. The summed E-state index contributed by atoms with van der Waals surface area (Å²) in [4.78, 5) is 21.1. The molecule has 0 aliphatic heterocycles. The molecule has 0 aromatic carbocycles. The number of nitrogens with zero attached hydrogens (tertiary/aromatic N) is 1. The molecule has 1 atom stereocenters. The topological polar surface area (TPSA) is 124 Å². The van der Waals surface area contributed by atoms with Crippen LogP contribution in [0.15, 0.2) is 23.9 Å². The van der Waals surface area contributed by atoms with Gasteiger partial charge in [0.05, 0.1) is 0 Å². The van der Waals surface area contributed by atoms with Gasteiger partial charge in [-0.15, -0.1) is 0 Å². The number of nitrogens with two attached hydrogens (primary N) is 2. The summed E-state index contributed by atoms with van der Waals surface area (Å²) in [5, 5.41) is 13.3. The number of amides is 2. The van der Waals surface area contributed by atoms with Crippen molar-refractivity contribution in [3.63, 3.8) is 0 Å². The third kappa shape index (κ3) is 2.72. The Balaban J connectivity index is 2.65. The molecular formula is C9H14N4O3. The van der Waals surface area contributed by atoms with E-state index in [0.29, 0.717) is 5.70 Å². The van der Waals surface area contributed by atoms with Crippen LogP contribution in [0.25, 0.3) is 0 Å². The van der Waals surface area contributed by atoms with Crippen LogP contribution in [0.3, 0.4) is 0 Å². The maximum Gasteiger partial charge on any atom is 0.312 e. The Morgan fingerprint density at radius 2 is 2.38 bits per heavy atom. The molecule has 0 saturated carbocycles. The van der Waals surface area contributed by atoms with Gasteiger partial charge < -0.3 is 16.8 Å². The van der Waals surface area contributed by atoms with Crippen molar-refractivity contribution in [3.05, 3.63) is 34.0 Å². The van der Waals surface area contributed by atoms with Crippen LogP contribution in [0.2, 0.25) is 0 Å². The summed E-state index contributed by atoms with van der Waals surface area (Å²) in [6.07, 6.45) is 4.99. The highest BCUT2D eigenvalue weighted by Crippen LogP contribution is 2.26. The summed E-state index contributed by atoms with van der Waals surface area (Å²) in [5.41, 5.74) is 9.70. The van der Waals surface area contributed by atoms with E-state index in [1.54, 1.807) is 6.08 Å². The second-order valence-electron chi connectivity index (χ2n) is 3.64. The zero-order chi connectivity index (χ0) is 12.2. The van der Waals surface area contributed by atoms with E-state index in [1.807, 2.05) is 0 Å². The Morgan fingerprint density at radius 1 is 1.69 bits per heavy atom. The fourth-order valence-electron chi connectivity index (χ4n) is 1.50. The van der Waals surface area contributed by atoms with Crippen molar-refractivity contribution in [1.82, 2.24) is 5.32 Å². The van der Waals surface area contributed by atoms with Gasteiger partial charge in [0.1, 0.15) is 0 Å². The van der Waals surface area contributed by atoms with Crippen molar-refractivity contribution in [2.45, 2.75) is 18.4 Å². The highest BCUT2D eigenvalue weighted by atomic mass is 16.6. The molecule has 0 bridgehead atoms. The van der Waals surface area contributed by atoms with Crippen LogP contribution in [0.1, 0.15) is 12.8 Å². The number of hydrogen-bond donors (Lipinski definition) is 3. The molecular weight excluding hydrogens is 212 g/mol. The van der Waals surface area contributed by atoms with Crippen LogP contribution in [-0.2, 0) is 0 Å². The second kappa shape index (κ2) is 4.65. The molecule has 0 saturated heterocycles. The van der Waals surface area contributed by atoms with E-state index in [2.05, 4.69) is 5.32 Å². The highest BCUT2D eigenvalue weighted by Gasteiger charge is 2.39. The first-order chi connectivity index (χ1) is 7.46. The van der Waals surface area contributed by atoms with Crippen molar-refractivity contribution in [1.29, 1.82) is 0 Å². The van der Waals surface area contributed by atoms with Gasteiger partial charge in [-0.25, -0.2) is 4.79 Å². The summed E-state index contributed by atoms with van der Waals surface area (Å²) < 4.78 is 0. The van der Waals surface area contributed by atoms with Crippen molar-refractivity contribution in [2.24, 2.45) is 11.5 Å². The van der Waals surface area contributed by atoms with Gasteiger partial charge in [-0.2, -0.15) is 0 Å². The molecule has 0 spiro atoms. The van der Waals surface area contributed by atoms with E-state index < -0.39 is 11.6 Å². The lowest BCUT2D eigenvalue weighted by atomic mass is 9.88. The molecule has 1 aliphatic carbocycles. The molecule has 7 heteroatoms. The van der Waals surface area contributed by atoms with Crippen molar-refractivity contribution >= 4 is 6.03 Å². The predicted molar refractivity (Wildman–Crippen MR) is 58.0 cm³/mol. The van der Waals surface area contributed by atoms with E-state index in [9.17, 15) is 14.9 Å². The monoisotopic (exact) mass is 226 g/mol. The minimum atomic E-state index is -1.19. The van der Waals surface area contributed by atoms with E-state index >= 15 is 0 Å². The SMILES string of the molecule is NC(=O)NCCC1([N+](=O)[O-])C=CC(N)=CC1. The average Bonchev–Trinajstić information content (AvgIpc) is 2.20. The Labute approximate surface area is 92.3 Å². The quantitative estimate of drug-likeness (QED) is 0.455. The van der Waals surface area contributed by atoms with E-state index in [-0.39, 0.29) is 24.3 Å². The third-order valence-electron chi connectivity index (χ3n) is 2.50. The molecule has 0 aromatic rings. The van der Waals surface area contributed by atoms with Crippen LogP contribution in [-0.4, -0.2) is 23.0 Å². The summed E-state index contributed by atoms with van der Waals surface area (Å²) in [7, 11) is 0. The number of rotatable bonds is 4. The Morgan fingerprint density at radius 3 is 2.81 bits per heavy atom. The van der Waals surface area contributed by atoms with Gasteiger partial charge in [-0.1, -0.05) is 6.08 Å². The van der Waals surface area contributed by atoms with Gasteiger partial charge >= 0.3 is 6.03 Å². The summed E-state index contributed by atoms with van der Waals surface area (Å²) >= 11 is 0. The lowest BCUT2D eigenvalue weighted by Gasteiger charge is -2.23. The Bertz CT molecular complexity index is 364. The van der Waals surface area contributed by atoms with Gasteiger partial charge in [-0.3, -0.25) is 10.1 Å². The number of nitrogens with one attached hydrogen (secondary N) is 1. The zero-order valence-corrected chi connectivity index (χ0v) is 8.68. The molecule has 5 N–H and O–H groups in total. The predicted octanol–water partition coefficient (Wildman–Crippen LogP) is -0.137. The number of hydrogen-bond acceptors (Lipinski definition) is 4. The molecule has 1 rings (SSSR count). The minimum absolute atomic E-state index is 0.161. The maximum absolute atomic E-state index is 11.0. The number of urea groups is 1. The first-order valence-corrected chi connectivity index (χ1v) is 4.79. The number of carbonyl (C=O) groups is 1. The molecule has 0 heterocycles. The van der Waals surface area contributed by atoms with Gasteiger partial charge in [0.25, 0.3) is 0 Å². The van der Waals surface area contributed by atoms with Crippen LogP contribution in [0, 0.1) is 10.1 Å². The van der Waals surface area contributed by atoms with Gasteiger partial charge in [0, 0.05) is 30.0 Å². The molecule has 0 aromatic heterocycles. The number of primary amides is 1. The van der Waals surface area contributed by atoms with Crippen LogP contribution < -0.4 is 16.8 Å². The number of allylic oxidation sites excluding steroid dienone is 1. The number of carbonyl (C=O) groups excluding carboxylic acids is 1. The molecule has 7 nitrogen and oxygen atoms in total. The molecule has 1 unspecified atom stereocenters. The molecule has 0 radical (unpaired) electrons. The molecule has 16 heavy (non-hydrogen) atoms. The van der Waals surface area contributed by atoms with E-state index in [4.69, 9.17) is 11.5 Å². The van der Waals surface area contributed by atoms with Crippen LogP contribution >= 0.6 is 0 Å². The van der Waals surface area contributed by atoms with Gasteiger partial charge in [0.15, 0.2) is 0 Å². The molecule has 0 fully saturated rings. The third-order valence-corrected chi connectivity index (χ3v) is 2.50. The zero-order valence-electron chi connectivity index (χ0n) is 8.68. The molecule has 2 amide bonds. The summed E-state index contributed by atoms with van der Waals surface area (Å²) in [5.74, 6) is 0. The summed E-state index contributed by atoms with van der Waals surface area (Å²) in [6, 6.07) is -0.687. The molecule has 88 valence electrons. The van der Waals surface area contributed by atoms with Crippen LogP contribution in [0.5, 0.6) is 0 Å². The van der Waals surface area contributed by atoms with E-state index in [1.165, 1.54) is 12.2 Å². The van der Waals surface area contributed by atoms with Crippen molar-refractivity contribution in [2.75, 3.05) is 6.54 Å². The van der Waals surface area contributed by atoms with Crippen molar-refractivity contribution in [3.8, 4) is 0 Å². The first-order valence-electron chi connectivity index (χ1n) is 4.79. The average molecular weight is 226 g/mol. The standard InChI is InChI=1S/C9H14N4O3/c10-7-1-3-9(4-2-7,13(15)16)5-6-12-8(11)14/h1-3H,4-6,10H2,(H3,11,12,14). The van der Waals surface area contributed by atoms with Crippen LogP contribution in [0.4, 0.5) is 4.79 Å². The highest BCUT2D eigenvalue weighted by molar-refractivity contribution is 5.71. The summed E-state index contributed by atoms with van der Waals surface area (Å²) in [6.45, 7) is 0.161. The largest absolute Gasteiger partial charge is 0.399 e. The normalized spacial score (nSPS) is 23.6. The Hall–Kier alpha value is -2.05. The van der Waals surface area contributed by atoms with E-state index in [0.717, 1.165) is 0 Å². The lowest BCUT2D eigenvalue weighted by Crippen LogP contribution is -2.42. The van der Waals surface area contributed by atoms with Gasteiger partial charge in [-0.05, 0) is 12.2 Å². The maximum atomic E-state index is 11.0.